The van der Waals surface area contributed by atoms with Gasteiger partial charge in [-0.3, -0.25) is 0 Å². The summed E-state index contributed by atoms with van der Waals surface area (Å²) in [5.41, 5.74) is -0.515. The zero-order valence-electron chi connectivity index (χ0n) is 9.67. The molecule has 3 heteroatoms. The van der Waals surface area contributed by atoms with Gasteiger partial charge < -0.3 is 15.2 Å². The Bertz CT molecular complexity index is 204. The molecule has 0 aromatic rings. The first kappa shape index (κ1) is 11.4. The van der Waals surface area contributed by atoms with E-state index >= 15 is 0 Å². The fraction of sp³-hybridized carbons (Fsp3) is 1.00. The van der Waals surface area contributed by atoms with Crippen LogP contribution in [-0.4, -0.2) is 36.0 Å². The smallest absolute Gasteiger partial charge is 0.0846 e. The summed E-state index contributed by atoms with van der Waals surface area (Å²) in [5, 5.41) is 14.1. The van der Waals surface area contributed by atoms with E-state index in [1.54, 1.807) is 0 Å². The number of nitrogens with one attached hydrogen (secondary N) is 1. The molecule has 3 nitrogen and oxygen atoms in total. The number of hydrogen-bond acceptors (Lipinski definition) is 3. The quantitative estimate of drug-likeness (QED) is 0.729. The minimum absolute atomic E-state index is 0.257. The molecule has 2 aliphatic heterocycles. The van der Waals surface area contributed by atoms with E-state index in [9.17, 15) is 5.11 Å². The van der Waals surface area contributed by atoms with Crippen LogP contribution in [0, 0.1) is 0 Å². The summed E-state index contributed by atoms with van der Waals surface area (Å²) in [4.78, 5) is 0. The van der Waals surface area contributed by atoms with Gasteiger partial charge in [0.15, 0.2) is 0 Å². The third-order valence-corrected chi connectivity index (χ3v) is 3.88. The second-order valence-corrected chi connectivity index (χ2v) is 4.96. The second-order valence-electron chi connectivity index (χ2n) is 4.96. The van der Waals surface area contributed by atoms with Crippen molar-refractivity contribution >= 4 is 0 Å². The van der Waals surface area contributed by atoms with Crippen LogP contribution in [0.2, 0.25) is 0 Å². The average Bonchev–Trinajstić information content (AvgIpc) is 2.30. The number of hydrogen-bond donors (Lipinski definition) is 2. The van der Waals surface area contributed by atoms with E-state index in [4.69, 9.17) is 4.74 Å². The number of rotatable bonds is 2. The van der Waals surface area contributed by atoms with Gasteiger partial charge >= 0.3 is 0 Å². The molecule has 2 rings (SSSR count). The largest absolute Gasteiger partial charge is 0.388 e. The fourth-order valence-electron chi connectivity index (χ4n) is 2.85. The lowest BCUT2D eigenvalue weighted by atomic mass is 9.79. The SMILES string of the molecule is CCC1CC(O)(C2CCCCN2)CCO1. The minimum Gasteiger partial charge on any atom is -0.388 e. The molecule has 0 bridgehead atoms. The normalized spacial score (nSPS) is 42.8. The van der Waals surface area contributed by atoms with Gasteiger partial charge in [-0.25, -0.2) is 0 Å². The van der Waals surface area contributed by atoms with Crippen molar-refractivity contribution in [3.8, 4) is 0 Å². The van der Waals surface area contributed by atoms with Gasteiger partial charge in [0.25, 0.3) is 0 Å². The summed E-state index contributed by atoms with van der Waals surface area (Å²) in [5.74, 6) is 0. The summed E-state index contributed by atoms with van der Waals surface area (Å²) in [6.07, 6.45) is 6.48. The second kappa shape index (κ2) is 4.81. The highest BCUT2D eigenvalue weighted by Crippen LogP contribution is 2.32. The van der Waals surface area contributed by atoms with Crippen LogP contribution < -0.4 is 5.32 Å². The molecule has 0 aliphatic carbocycles. The molecule has 3 unspecified atom stereocenters. The first-order valence-electron chi connectivity index (χ1n) is 6.32. The van der Waals surface area contributed by atoms with Crippen LogP contribution in [0.4, 0.5) is 0 Å². The number of piperidine rings is 1. The lowest BCUT2D eigenvalue weighted by Crippen LogP contribution is -2.56. The van der Waals surface area contributed by atoms with Gasteiger partial charge in [-0.15, -0.1) is 0 Å². The van der Waals surface area contributed by atoms with Crippen LogP contribution in [-0.2, 0) is 4.74 Å². The van der Waals surface area contributed by atoms with Crippen molar-refractivity contribution in [2.24, 2.45) is 0 Å². The molecule has 0 radical (unpaired) electrons. The van der Waals surface area contributed by atoms with E-state index in [-0.39, 0.29) is 6.10 Å². The van der Waals surface area contributed by atoms with E-state index in [0.29, 0.717) is 12.6 Å². The van der Waals surface area contributed by atoms with E-state index < -0.39 is 5.60 Å². The molecule has 0 aromatic carbocycles. The molecular weight excluding hydrogens is 190 g/mol. The predicted molar refractivity (Wildman–Crippen MR) is 59.9 cm³/mol. The Morgan fingerprint density at radius 3 is 3.00 bits per heavy atom. The molecule has 15 heavy (non-hydrogen) atoms. The molecule has 2 heterocycles. The Morgan fingerprint density at radius 2 is 2.33 bits per heavy atom. The average molecular weight is 213 g/mol. The maximum absolute atomic E-state index is 10.7. The highest BCUT2D eigenvalue weighted by atomic mass is 16.5. The summed E-state index contributed by atoms with van der Waals surface area (Å²) in [7, 11) is 0. The van der Waals surface area contributed by atoms with Crippen molar-refractivity contribution in [2.75, 3.05) is 13.2 Å². The molecule has 2 fully saturated rings. The van der Waals surface area contributed by atoms with Crippen LogP contribution in [0.3, 0.4) is 0 Å². The minimum atomic E-state index is -0.515. The molecule has 0 amide bonds. The predicted octanol–water partition coefficient (Wildman–Crippen LogP) is 1.45. The molecule has 3 atom stereocenters. The highest BCUT2D eigenvalue weighted by molar-refractivity contribution is 4.96. The molecule has 0 saturated carbocycles. The summed E-state index contributed by atoms with van der Waals surface area (Å²) < 4.78 is 5.63. The van der Waals surface area contributed by atoms with Gasteiger partial charge in [0.2, 0.25) is 0 Å². The monoisotopic (exact) mass is 213 g/mol. The van der Waals surface area contributed by atoms with Crippen LogP contribution in [0.5, 0.6) is 0 Å². The van der Waals surface area contributed by atoms with Crippen LogP contribution in [0.25, 0.3) is 0 Å². The first-order chi connectivity index (χ1) is 7.24. The zero-order valence-corrected chi connectivity index (χ0v) is 9.67. The molecule has 2 aliphatic rings. The molecule has 2 N–H and O–H groups in total. The third kappa shape index (κ3) is 2.52. The fourth-order valence-corrected chi connectivity index (χ4v) is 2.85. The van der Waals surface area contributed by atoms with E-state index in [1.165, 1.54) is 12.8 Å². The van der Waals surface area contributed by atoms with Gasteiger partial charge in [-0.1, -0.05) is 13.3 Å². The Labute approximate surface area is 92.2 Å². The van der Waals surface area contributed by atoms with Gasteiger partial charge in [0.1, 0.15) is 0 Å². The van der Waals surface area contributed by atoms with Gasteiger partial charge in [-0.2, -0.15) is 0 Å². The van der Waals surface area contributed by atoms with Crippen molar-refractivity contribution in [3.05, 3.63) is 0 Å². The molecule has 0 aromatic heterocycles. The molecule has 0 spiro atoms. The standard InChI is InChI=1S/C12H23NO2/c1-2-10-9-12(14,6-8-15-10)11-5-3-4-7-13-11/h10-11,13-14H,2-9H2,1H3. The van der Waals surface area contributed by atoms with E-state index in [2.05, 4.69) is 12.2 Å². The third-order valence-electron chi connectivity index (χ3n) is 3.88. The molecule has 2 saturated heterocycles. The number of aliphatic hydroxyl groups is 1. The maximum Gasteiger partial charge on any atom is 0.0846 e. The van der Waals surface area contributed by atoms with Gasteiger partial charge in [0.05, 0.1) is 11.7 Å². The highest BCUT2D eigenvalue weighted by Gasteiger charge is 2.41. The molecular formula is C12H23NO2. The van der Waals surface area contributed by atoms with Crippen molar-refractivity contribution in [1.82, 2.24) is 5.32 Å². The Balaban J connectivity index is 1.97. The van der Waals surface area contributed by atoms with Crippen molar-refractivity contribution < 1.29 is 9.84 Å². The lowest BCUT2D eigenvalue weighted by molar-refractivity contribution is -0.123. The first-order valence-corrected chi connectivity index (χ1v) is 6.32. The van der Waals surface area contributed by atoms with Gasteiger partial charge in [0, 0.05) is 25.5 Å². The van der Waals surface area contributed by atoms with Gasteiger partial charge in [-0.05, 0) is 25.8 Å². The zero-order chi connectivity index (χ0) is 10.7. The van der Waals surface area contributed by atoms with E-state index in [0.717, 1.165) is 32.2 Å². The van der Waals surface area contributed by atoms with Crippen LogP contribution >= 0.6 is 0 Å². The summed E-state index contributed by atoms with van der Waals surface area (Å²) >= 11 is 0. The Kier molecular flexibility index (Phi) is 3.65. The molecule has 88 valence electrons. The maximum atomic E-state index is 10.7. The van der Waals surface area contributed by atoms with Crippen LogP contribution in [0.1, 0.15) is 45.4 Å². The topological polar surface area (TPSA) is 41.5 Å². The van der Waals surface area contributed by atoms with Crippen molar-refractivity contribution in [1.29, 1.82) is 0 Å². The van der Waals surface area contributed by atoms with Crippen molar-refractivity contribution in [3.63, 3.8) is 0 Å². The Morgan fingerprint density at radius 1 is 1.47 bits per heavy atom. The summed E-state index contributed by atoms with van der Waals surface area (Å²) in [6, 6.07) is 0.296. The number of ether oxygens (including phenoxy) is 1. The van der Waals surface area contributed by atoms with Crippen LogP contribution in [0.15, 0.2) is 0 Å². The Hall–Kier alpha value is -0.120. The lowest BCUT2D eigenvalue weighted by Gasteiger charge is -2.44. The summed E-state index contributed by atoms with van der Waals surface area (Å²) in [6.45, 7) is 3.91. The van der Waals surface area contributed by atoms with Crippen molar-refractivity contribution in [2.45, 2.75) is 63.2 Å². The van der Waals surface area contributed by atoms with E-state index in [1.807, 2.05) is 0 Å².